The van der Waals surface area contributed by atoms with Crippen molar-refractivity contribution in [3.8, 4) is 0 Å². The second-order valence-corrected chi connectivity index (χ2v) is 4.60. The molecule has 0 aromatic carbocycles. The summed E-state index contributed by atoms with van der Waals surface area (Å²) < 4.78 is 7.15. The quantitative estimate of drug-likeness (QED) is 0.824. The molecule has 17 heavy (non-hydrogen) atoms. The molecule has 4 atom stereocenters. The molecule has 0 amide bonds. The summed E-state index contributed by atoms with van der Waals surface area (Å²) in [6.45, 7) is 6.28. The van der Waals surface area contributed by atoms with Crippen molar-refractivity contribution < 1.29 is 4.74 Å². The molecule has 1 aliphatic rings. The zero-order chi connectivity index (χ0) is 12.6. The summed E-state index contributed by atoms with van der Waals surface area (Å²) in [7, 11) is 0. The fourth-order valence-electron chi connectivity index (χ4n) is 2.31. The van der Waals surface area contributed by atoms with E-state index in [1.54, 1.807) is 0 Å². The maximum atomic E-state index is 11.7. The molecule has 0 bridgehead atoms. The van der Waals surface area contributed by atoms with Gasteiger partial charge in [-0.3, -0.25) is 0 Å². The molecule has 0 aliphatic carbocycles. The first-order valence-corrected chi connectivity index (χ1v) is 5.91. The normalized spacial score (nSPS) is 32.9. The number of nitrogen functional groups attached to an aromatic ring is 1. The van der Waals surface area contributed by atoms with Crippen molar-refractivity contribution in [2.45, 2.75) is 39.5 Å². The van der Waals surface area contributed by atoms with E-state index in [1.807, 2.05) is 0 Å². The molecular weight excluding hydrogens is 220 g/mol. The van der Waals surface area contributed by atoms with Crippen LogP contribution in [0.3, 0.4) is 0 Å². The Balaban J connectivity index is 2.32. The molecule has 1 aliphatic heterocycles. The van der Waals surface area contributed by atoms with Crippen LogP contribution in [0, 0.1) is 11.8 Å². The minimum atomic E-state index is -0.453. The lowest BCUT2D eigenvalue weighted by Gasteiger charge is -2.16. The topological polar surface area (TPSA) is 83.0 Å². The van der Waals surface area contributed by atoms with Crippen molar-refractivity contribution in [2.24, 2.45) is 11.8 Å². The number of nitrogens with zero attached hydrogens (tertiary/aromatic N) is 3. The number of rotatable bonds is 2. The first-order chi connectivity index (χ1) is 8.04. The minimum absolute atomic E-state index is 0.136. The van der Waals surface area contributed by atoms with E-state index < -0.39 is 5.69 Å². The molecule has 6 heteroatoms. The third kappa shape index (κ3) is 2.04. The van der Waals surface area contributed by atoms with E-state index in [9.17, 15) is 4.79 Å². The van der Waals surface area contributed by atoms with E-state index in [0.717, 1.165) is 6.42 Å². The van der Waals surface area contributed by atoms with Gasteiger partial charge in [-0.15, -0.1) is 0 Å². The molecule has 1 aromatic rings. The molecule has 2 rings (SSSR count). The monoisotopic (exact) mass is 238 g/mol. The fourth-order valence-corrected chi connectivity index (χ4v) is 2.31. The first-order valence-electron chi connectivity index (χ1n) is 5.91. The highest BCUT2D eigenvalue weighted by atomic mass is 16.5. The summed E-state index contributed by atoms with van der Waals surface area (Å²) in [4.78, 5) is 15.4. The Morgan fingerprint density at radius 2 is 2.18 bits per heavy atom. The smallest absolute Gasteiger partial charge is 0.368 e. The average molecular weight is 238 g/mol. The predicted molar refractivity (Wildman–Crippen MR) is 63.2 cm³/mol. The summed E-state index contributed by atoms with van der Waals surface area (Å²) in [6, 6.07) is 0. The fraction of sp³-hybridized carbons (Fsp3) is 0.727. The minimum Gasteiger partial charge on any atom is -0.382 e. The van der Waals surface area contributed by atoms with Gasteiger partial charge in [0.25, 0.3) is 0 Å². The van der Waals surface area contributed by atoms with Crippen LogP contribution in [0.4, 0.5) is 5.82 Å². The van der Waals surface area contributed by atoms with Crippen LogP contribution in [0.1, 0.15) is 33.4 Å². The Labute approximate surface area is 99.8 Å². The third-order valence-electron chi connectivity index (χ3n) is 3.56. The van der Waals surface area contributed by atoms with Crippen molar-refractivity contribution in [1.29, 1.82) is 0 Å². The zero-order valence-corrected chi connectivity index (χ0v) is 10.3. The number of nitrogens with two attached hydrogens (primary N) is 1. The number of hydrogen-bond donors (Lipinski definition) is 1. The molecule has 0 radical (unpaired) electrons. The Hall–Kier alpha value is -1.43. The van der Waals surface area contributed by atoms with Gasteiger partial charge in [0.2, 0.25) is 0 Å². The van der Waals surface area contributed by atoms with Gasteiger partial charge in [-0.05, 0) is 12.3 Å². The molecule has 1 unspecified atom stereocenters. The number of ether oxygens (including phenoxy) is 1. The Morgan fingerprint density at radius 1 is 1.47 bits per heavy atom. The highest BCUT2D eigenvalue weighted by molar-refractivity contribution is 5.19. The molecule has 6 nitrogen and oxygen atoms in total. The van der Waals surface area contributed by atoms with Gasteiger partial charge < -0.3 is 10.5 Å². The number of aromatic nitrogens is 3. The van der Waals surface area contributed by atoms with E-state index in [2.05, 4.69) is 30.9 Å². The molecule has 2 heterocycles. The molecular formula is C11H18N4O2. The average Bonchev–Trinajstić information content (AvgIpc) is 2.57. The van der Waals surface area contributed by atoms with Gasteiger partial charge in [-0.25, -0.2) is 4.79 Å². The highest BCUT2D eigenvalue weighted by Crippen LogP contribution is 2.38. The maximum absolute atomic E-state index is 11.7. The van der Waals surface area contributed by atoms with E-state index in [1.165, 1.54) is 10.9 Å². The van der Waals surface area contributed by atoms with Gasteiger partial charge >= 0.3 is 5.69 Å². The van der Waals surface area contributed by atoms with Gasteiger partial charge in [0.05, 0.1) is 12.3 Å². The summed E-state index contributed by atoms with van der Waals surface area (Å²) >= 11 is 0. The lowest BCUT2D eigenvalue weighted by atomic mass is 9.92. The van der Waals surface area contributed by atoms with Crippen molar-refractivity contribution in [2.75, 3.05) is 5.73 Å². The van der Waals surface area contributed by atoms with E-state index in [-0.39, 0.29) is 24.1 Å². The summed E-state index contributed by atoms with van der Waals surface area (Å²) in [6.07, 6.45) is 2.14. The van der Waals surface area contributed by atoms with Crippen molar-refractivity contribution in [3.05, 3.63) is 16.7 Å². The first kappa shape index (κ1) is 12.0. The maximum Gasteiger partial charge on any atom is 0.368 e. The standard InChI is InChI=1S/C11H18N4O2/c1-4-8-6(2)7(3)10(17-8)15-11(16)14-9(12)5-13-15/h5-8,10H,4H2,1-3H3,(H2,12,14,16)/t6?,7-,8+,10+/m0/s1. The van der Waals surface area contributed by atoms with Crippen LogP contribution in [0.25, 0.3) is 0 Å². The van der Waals surface area contributed by atoms with Crippen LogP contribution >= 0.6 is 0 Å². The number of anilines is 1. The zero-order valence-electron chi connectivity index (χ0n) is 10.3. The summed E-state index contributed by atoms with van der Waals surface area (Å²) in [5.41, 5.74) is 4.96. The molecule has 0 saturated carbocycles. The molecule has 94 valence electrons. The van der Waals surface area contributed by atoms with Crippen LogP contribution in [0.5, 0.6) is 0 Å². The van der Waals surface area contributed by atoms with Gasteiger partial charge in [-0.1, -0.05) is 20.8 Å². The van der Waals surface area contributed by atoms with Crippen molar-refractivity contribution >= 4 is 5.82 Å². The lowest BCUT2D eigenvalue weighted by molar-refractivity contribution is -0.0250. The van der Waals surface area contributed by atoms with Crippen molar-refractivity contribution in [3.63, 3.8) is 0 Å². The Morgan fingerprint density at radius 3 is 2.71 bits per heavy atom. The summed E-state index contributed by atoms with van der Waals surface area (Å²) in [5.74, 6) is 0.767. The highest BCUT2D eigenvalue weighted by Gasteiger charge is 2.40. The largest absolute Gasteiger partial charge is 0.382 e. The molecule has 0 spiro atoms. The van der Waals surface area contributed by atoms with E-state index >= 15 is 0 Å². The summed E-state index contributed by atoms with van der Waals surface area (Å²) in [5, 5.41) is 4.01. The van der Waals surface area contributed by atoms with Gasteiger partial charge in [0.1, 0.15) is 5.82 Å². The van der Waals surface area contributed by atoms with Gasteiger partial charge in [0, 0.05) is 5.92 Å². The van der Waals surface area contributed by atoms with Crippen LogP contribution in [-0.4, -0.2) is 20.9 Å². The molecule has 1 saturated heterocycles. The molecule has 1 aromatic heterocycles. The number of hydrogen-bond acceptors (Lipinski definition) is 5. The Kier molecular flexibility index (Phi) is 3.15. The van der Waals surface area contributed by atoms with Gasteiger partial charge in [0.15, 0.2) is 6.23 Å². The van der Waals surface area contributed by atoms with Crippen LogP contribution in [0.15, 0.2) is 11.0 Å². The van der Waals surface area contributed by atoms with Crippen LogP contribution in [-0.2, 0) is 4.74 Å². The SMILES string of the molecule is CC[C@H]1O[C@@H](n2ncc(N)nc2=O)[C@@H](C)C1C. The van der Waals surface area contributed by atoms with E-state index in [4.69, 9.17) is 10.5 Å². The van der Waals surface area contributed by atoms with Gasteiger partial charge in [-0.2, -0.15) is 14.8 Å². The Bertz CT molecular complexity index is 459. The predicted octanol–water partition coefficient (Wildman–Crippen LogP) is 0.800. The van der Waals surface area contributed by atoms with Crippen molar-refractivity contribution in [1.82, 2.24) is 14.8 Å². The third-order valence-corrected chi connectivity index (χ3v) is 3.56. The van der Waals surface area contributed by atoms with Crippen LogP contribution < -0.4 is 11.4 Å². The lowest BCUT2D eigenvalue weighted by Crippen LogP contribution is -2.32. The second kappa shape index (κ2) is 4.44. The molecule has 1 fully saturated rings. The second-order valence-electron chi connectivity index (χ2n) is 4.60. The van der Waals surface area contributed by atoms with E-state index in [0.29, 0.717) is 5.92 Å². The van der Waals surface area contributed by atoms with Crippen LogP contribution in [0.2, 0.25) is 0 Å². The molecule has 2 N–H and O–H groups in total.